The van der Waals surface area contributed by atoms with Gasteiger partial charge in [0, 0.05) is 38.3 Å². The average Bonchev–Trinajstić information content (AvgIpc) is 3.94. The van der Waals surface area contributed by atoms with Crippen molar-refractivity contribution in [3.8, 4) is 33.6 Å². The number of hydrogen-bond acceptors (Lipinski definition) is 9. The topological polar surface area (TPSA) is 184 Å². The summed E-state index contributed by atoms with van der Waals surface area (Å²) in [5, 5.41) is 7.67. The molecular weight excluding hydrogens is 801 g/mol. The third-order valence-corrected chi connectivity index (χ3v) is 13.8. The Kier molecular flexibility index (Phi) is 11.5. The van der Waals surface area contributed by atoms with Crippen LogP contribution in [0.4, 0.5) is 9.59 Å². The van der Waals surface area contributed by atoms with Crippen LogP contribution in [0.5, 0.6) is 0 Å². The molecule has 330 valence electrons. The third-order valence-electron chi connectivity index (χ3n) is 13.8. The van der Waals surface area contributed by atoms with Crippen LogP contribution in [-0.4, -0.2) is 106 Å². The Balaban J connectivity index is 0.889. The van der Waals surface area contributed by atoms with Crippen molar-refractivity contribution in [2.24, 2.45) is 17.3 Å². The molecule has 2 aliphatic carbocycles. The number of methoxy groups -OCH3 is 3. The fourth-order valence-electron chi connectivity index (χ4n) is 10.2. The summed E-state index contributed by atoms with van der Waals surface area (Å²) in [6.07, 6.45) is 8.66. The van der Waals surface area contributed by atoms with Crippen LogP contribution in [0.15, 0.2) is 73.1 Å². The van der Waals surface area contributed by atoms with Gasteiger partial charge in [0.1, 0.15) is 23.7 Å². The highest BCUT2D eigenvalue weighted by atomic mass is 16.5. The quantitative estimate of drug-likeness (QED) is 0.0930. The van der Waals surface area contributed by atoms with E-state index in [-0.39, 0.29) is 41.3 Å². The summed E-state index contributed by atoms with van der Waals surface area (Å²) in [7, 11) is 4.17. The lowest BCUT2D eigenvalue weighted by Crippen LogP contribution is -2.52. The number of nitrogens with zero attached hydrogens (tertiary/aromatic N) is 4. The maximum absolute atomic E-state index is 14.0. The molecule has 2 saturated carbocycles. The zero-order valence-corrected chi connectivity index (χ0v) is 36.5. The first-order valence-electron chi connectivity index (χ1n) is 22.0. The number of hydrogen-bond donors (Lipinski definition) is 4. The molecule has 4 aliphatic rings. The molecule has 6 unspecified atom stereocenters. The molecule has 63 heavy (non-hydrogen) atoms. The molecule has 1 spiro atoms. The molecule has 2 bridgehead atoms. The van der Waals surface area contributed by atoms with Crippen LogP contribution in [0.1, 0.15) is 82.5 Å². The number of aromatic nitrogens is 4. The first-order chi connectivity index (χ1) is 30.5. The molecule has 9 rings (SSSR count). The van der Waals surface area contributed by atoms with E-state index in [4.69, 9.17) is 24.2 Å². The van der Waals surface area contributed by atoms with Gasteiger partial charge in [0.05, 0.1) is 50.1 Å². The van der Waals surface area contributed by atoms with Crippen LogP contribution in [0.3, 0.4) is 0 Å². The number of benzene rings is 3. The van der Waals surface area contributed by atoms with Gasteiger partial charge in [-0.1, -0.05) is 62.4 Å². The number of aromatic amines is 2. The predicted octanol–water partition coefficient (Wildman–Crippen LogP) is 7.53. The van der Waals surface area contributed by atoms with E-state index in [1.165, 1.54) is 14.2 Å². The summed E-state index contributed by atoms with van der Waals surface area (Å²) in [6, 6.07) is 19.5. The van der Waals surface area contributed by atoms with Gasteiger partial charge in [-0.3, -0.25) is 9.59 Å². The molecule has 15 heteroatoms. The van der Waals surface area contributed by atoms with E-state index in [0.717, 1.165) is 94.6 Å². The zero-order chi connectivity index (χ0) is 44.0. The van der Waals surface area contributed by atoms with Gasteiger partial charge in [-0.25, -0.2) is 19.6 Å². The zero-order valence-electron chi connectivity index (χ0n) is 36.5. The molecular formula is C48H56N8O7. The third kappa shape index (κ3) is 8.26. The Morgan fingerprint density at radius 3 is 2.08 bits per heavy atom. The number of likely N-dealkylation sites (tertiary alicyclic amines) is 2. The number of carbonyl (C=O) groups is 4. The second-order valence-corrected chi connectivity index (χ2v) is 18.1. The number of H-pyrrole nitrogens is 2. The van der Waals surface area contributed by atoms with Gasteiger partial charge in [0.25, 0.3) is 0 Å². The van der Waals surface area contributed by atoms with Gasteiger partial charge < -0.3 is 44.6 Å². The Bertz CT molecular complexity index is 2510. The van der Waals surface area contributed by atoms with Crippen LogP contribution in [0.25, 0.3) is 44.4 Å². The fourth-order valence-corrected chi connectivity index (χ4v) is 10.2. The van der Waals surface area contributed by atoms with Crippen molar-refractivity contribution in [1.29, 1.82) is 0 Å². The largest absolute Gasteiger partial charge is 0.453 e. The van der Waals surface area contributed by atoms with Gasteiger partial charge in [0.2, 0.25) is 11.8 Å². The van der Waals surface area contributed by atoms with Crippen molar-refractivity contribution >= 4 is 34.8 Å². The van der Waals surface area contributed by atoms with E-state index in [1.807, 2.05) is 36.0 Å². The van der Waals surface area contributed by atoms with E-state index in [2.05, 4.69) is 81.3 Å². The lowest BCUT2D eigenvalue weighted by molar-refractivity contribution is -0.138. The highest BCUT2D eigenvalue weighted by Gasteiger charge is 2.55. The van der Waals surface area contributed by atoms with E-state index in [1.54, 1.807) is 7.11 Å². The highest BCUT2D eigenvalue weighted by Crippen LogP contribution is 2.58. The van der Waals surface area contributed by atoms with E-state index in [9.17, 15) is 19.2 Å². The highest BCUT2D eigenvalue weighted by molar-refractivity contribution is 5.91. The summed E-state index contributed by atoms with van der Waals surface area (Å²) in [4.78, 5) is 72.7. The number of piperidine rings is 1. The first-order valence-corrected chi connectivity index (χ1v) is 22.0. The van der Waals surface area contributed by atoms with Crippen molar-refractivity contribution in [2.45, 2.75) is 89.0 Å². The first kappa shape index (κ1) is 42.1. The van der Waals surface area contributed by atoms with Crippen molar-refractivity contribution in [3.05, 3.63) is 84.7 Å². The molecule has 0 radical (unpaired) electrons. The molecule has 4 amide bonds. The summed E-state index contributed by atoms with van der Waals surface area (Å²) < 4.78 is 14.9. The molecule has 2 saturated heterocycles. The monoisotopic (exact) mass is 856 g/mol. The Morgan fingerprint density at radius 1 is 0.778 bits per heavy atom. The van der Waals surface area contributed by atoms with Crippen LogP contribution >= 0.6 is 0 Å². The molecule has 4 heterocycles. The van der Waals surface area contributed by atoms with Crippen LogP contribution < -0.4 is 10.6 Å². The normalized spacial score (nSPS) is 21.8. The molecule has 6 atom stereocenters. The maximum Gasteiger partial charge on any atom is 0.407 e. The Hall–Kier alpha value is -6.22. The molecule has 5 aromatic rings. The minimum atomic E-state index is -0.755. The van der Waals surface area contributed by atoms with Gasteiger partial charge >= 0.3 is 12.2 Å². The molecule has 4 N–H and O–H groups in total. The van der Waals surface area contributed by atoms with Crippen molar-refractivity contribution in [1.82, 2.24) is 40.4 Å². The number of rotatable bonds is 13. The van der Waals surface area contributed by atoms with Crippen molar-refractivity contribution < 1.29 is 33.4 Å². The molecule has 3 aromatic carbocycles. The van der Waals surface area contributed by atoms with Gasteiger partial charge in [-0.05, 0) is 95.4 Å². The smallest absolute Gasteiger partial charge is 0.407 e. The number of amides is 4. The number of nitrogens with one attached hydrogen (secondary N) is 4. The number of ether oxygens (including phenoxy) is 3. The lowest BCUT2D eigenvalue weighted by atomic mass is 9.97. The van der Waals surface area contributed by atoms with Gasteiger partial charge in [-0.2, -0.15) is 0 Å². The molecule has 15 nitrogen and oxygen atoms in total. The van der Waals surface area contributed by atoms with Gasteiger partial charge in [-0.15, -0.1) is 0 Å². The second kappa shape index (κ2) is 17.2. The van der Waals surface area contributed by atoms with Crippen molar-refractivity contribution in [3.63, 3.8) is 0 Å². The summed E-state index contributed by atoms with van der Waals surface area (Å²) in [6.45, 7) is 4.83. The minimum absolute atomic E-state index is 0.0982. The number of alkyl carbamates (subject to hydrolysis) is 2. The number of imidazole rings is 2. The Morgan fingerprint density at radius 2 is 1.40 bits per heavy atom. The van der Waals surface area contributed by atoms with E-state index >= 15 is 0 Å². The molecule has 4 fully saturated rings. The number of fused-ring (bicyclic) bond motifs is 3. The summed E-state index contributed by atoms with van der Waals surface area (Å²) >= 11 is 0. The second-order valence-electron chi connectivity index (χ2n) is 18.1. The minimum Gasteiger partial charge on any atom is -0.453 e. The van der Waals surface area contributed by atoms with Crippen LogP contribution in [0, 0.1) is 17.3 Å². The molecule has 2 aliphatic heterocycles. The van der Waals surface area contributed by atoms with E-state index in [0.29, 0.717) is 25.5 Å². The summed E-state index contributed by atoms with van der Waals surface area (Å²) in [5.74, 6) is 1.45. The van der Waals surface area contributed by atoms with E-state index < -0.39 is 24.3 Å². The fraction of sp³-hybridized carbons (Fsp3) is 0.458. The van der Waals surface area contributed by atoms with Crippen molar-refractivity contribution in [2.75, 3.05) is 34.5 Å². The predicted molar refractivity (Wildman–Crippen MR) is 236 cm³/mol. The Labute approximate surface area is 366 Å². The number of carbonyl (C=O) groups excluding carboxylic acids is 4. The summed E-state index contributed by atoms with van der Waals surface area (Å²) in [5.41, 5.74) is 6.04. The lowest BCUT2D eigenvalue weighted by Gasteiger charge is -2.36. The van der Waals surface area contributed by atoms with Crippen LogP contribution in [0.2, 0.25) is 0 Å². The average molecular weight is 857 g/mol. The molecule has 2 aromatic heterocycles. The maximum atomic E-state index is 14.0. The standard InChI is InChI=1S/C48H56N8O7/c1-27(2)40(54-47(60)63-5)45(58)55-26-48(17-18-48)23-39(55)42-49-25-38(51-42)33-13-12-31-20-30(10-11-32(31)21-33)28-6-8-29(9-7-28)37-24-50-43(52-37)41-34-14-15-35(22-34)56(41)44(57)36(16-19-61-3)53-46(59)62-4/h6-13,20-21,24-25,27,34-36,39-41H,14-19,22-23,26H2,1-5H3,(H,49,51)(H,50,52)(H,53,59)(H,54,60). The van der Waals surface area contributed by atoms with Crippen LogP contribution in [-0.2, 0) is 23.8 Å². The van der Waals surface area contributed by atoms with Gasteiger partial charge in [0.15, 0.2) is 0 Å². The SMILES string of the molecule is COCCC(NC(=O)OC)C(=O)N1C2CCC(C2)C1c1ncc(-c2ccc(-c3ccc4cc(-c5cnc(C6CC7(CC7)CN6C(=O)C(NC(=O)OC)C(C)C)[nH]5)ccc4c3)cc2)[nH]1.